The molecule has 0 spiro atoms. The first-order valence-corrected chi connectivity index (χ1v) is 50.2. The minimum atomic E-state index is -0.805. The van der Waals surface area contributed by atoms with Gasteiger partial charge >= 0.3 is 0 Å². The molecule has 0 amide bonds. The number of aliphatic imine (C=N–C) groups is 1. The molecule has 0 aliphatic heterocycles. The summed E-state index contributed by atoms with van der Waals surface area (Å²) in [5.41, 5.74) is 16.3. The molecule has 9 rings (SSSR count). The molecule has 6 atom stereocenters. The van der Waals surface area contributed by atoms with Gasteiger partial charge in [-0.1, -0.05) is 115 Å². The Morgan fingerprint density at radius 1 is 0.423 bits per heavy atom. The van der Waals surface area contributed by atoms with Gasteiger partial charge in [0.1, 0.15) is 166 Å². The van der Waals surface area contributed by atoms with Crippen molar-refractivity contribution in [2.45, 2.75) is 204 Å². The molecule has 9 aromatic carbocycles. The van der Waals surface area contributed by atoms with E-state index in [1.165, 1.54) is 66.3 Å². The van der Waals surface area contributed by atoms with Crippen LogP contribution in [0.2, 0.25) is 0 Å². The van der Waals surface area contributed by atoms with E-state index in [2.05, 4.69) is 34.8 Å². The lowest BCUT2D eigenvalue weighted by Crippen LogP contribution is -2.06. The summed E-state index contributed by atoms with van der Waals surface area (Å²) >= 11 is 3.28. The lowest BCUT2D eigenvalue weighted by Gasteiger charge is -2.16. The number of benzene rings is 9. The molecule has 0 bridgehead atoms. The van der Waals surface area contributed by atoms with E-state index >= 15 is 0 Å². The van der Waals surface area contributed by atoms with Crippen LogP contribution in [0.3, 0.4) is 0 Å². The van der Waals surface area contributed by atoms with E-state index in [9.17, 15) is 84.0 Å². The van der Waals surface area contributed by atoms with Crippen LogP contribution in [0.1, 0.15) is 233 Å². The molecule has 13 N–H and O–H groups in total. The number of phenols is 3. The predicted molar refractivity (Wildman–Crippen MR) is 576 cm³/mol. The molecule has 0 fully saturated rings. The number of nitrogens with two attached hydrogens (primary N) is 1. The summed E-state index contributed by atoms with van der Waals surface area (Å²) in [6, 6.07) is 48.5. The molecule has 0 aliphatic rings. The minimum absolute atomic E-state index is 0.00682. The number of ether oxygens (including phenoxy) is 10. The molecule has 0 aliphatic carbocycles. The largest absolute Gasteiger partial charge is 0.504 e. The zero-order valence-corrected chi connectivity index (χ0v) is 89.8. The van der Waals surface area contributed by atoms with E-state index in [1.54, 1.807) is 52.8 Å². The molecular formula is C114H156BrF11N6O17. The van der Waals surface area contributed by atoms with Crippen LogP contribution >= 0.6 is 15.9 Å². The average Bonchev–Trinajstić information content (AvgIpc) is 0.832. The quantitative estimate of drug-likeness (QED) is 0.00729. The van der Waals surface area contributed by atoms with E-state index in [1.807, 2.05) is 157 Å². The highest BCUT2D eigenvalue weighted by molar-refractivity contribution is 9.10. The number of aryl methyl sites for hydroxylation is 3. The topological polar surface area (TPSA) is 368 Å². The van der Waals surface area contributed by atoms with Crippen LogP contribution < -0.4 is 53.1 Å². The van der Waals surface area contributed by atoms with Crippen molar-refractivity contribution in [2.75, 3.05) is 133 Å². The Hall–Kier alpha value is -12.2. The highest BCUT2D eigenvalue weighted by Crippen LogP contribution is 2.41. The van der Waals surface area contributed by atoms with Crippen molar-refractivity contribution in [3.63, 3.8) is 0 Å². The number of allylic oxidation sites excluding steroid dienone is 1. The van der Waals surface area contributed by atoms with Crippen molar-refractivity contribution in [3.05, 3.63) is 248 Å². The van der Waals surface area contributed by atoms with Crippen molar-refractivity contribution < 1.29 is 131 Å². The zero-order chi connectivity index (χ0) is 112. The third-order valence-corrected chi connectivity index (χ3v) is 21.6. The second-order valence-corrected chi connectivity index (χ2v) is 35.3. The summed E-state index contributed by atoms with van der Waals surface area (Å²) in [6.45, 7) is 20.1. The normalized spacial score (nSPS) is 11.9. The number of phenolic OH excluding ortho intramolecular Hbond substituents is 3. The number of rotatable bonds is 55. The maximum absolute atomic E-state index is 13.7. The minimum Gasteiger partial charge on any atom is -0.504 e. The van der Waals surface area contributed by atoms with Gasteiger partial charge in [-0.05, 0) is 305 Å². The number of nitrogens with one attached hydrogen (secondary N) is 4. The average molecular weight is 2170 g/mol. The van der Waals surface area contributed by atoms with Crippen LogP contribution in [0.15, 0.2) is 185 Å². The summed E-state index contributed by atoms with van der Waals surface area (Å²) < 4.78 is 186. The van der Waals surface area contributed by atoms with Crippen LogP contribution in [0.5, 0.6) is 74.7 Å². The summed E-state index contributed by atoms with van der Waals surface area (Å²) in [5, 5.41) is 96.6. The molecular weight excluding hydrogens is 2010 g/mol. The molecule has 35 heteroatoms. The van der Waals surface area contributed by atoms with Gasteiger partial charge in [0, 0.05) is 53.5 Å². The van der Waals surface area contributed by atoms with E-state index in [-0.39, 0.29) is 111 Å². The zero-order valence-electron chi connectivity index (χ0n) is 88.3. The maximum atomic E-state index is 13.7. The van der Waals surface area contributed by atoms with Gasteiger partial charge in [0.2, 0.25) is 5.75 Å². The fourth-order valence-corrected chi connectivity index (χ4v) is 13.9. The molecule has 149 heavy (non-hydrogen) atoms. The SMILES string of the molecule is CC(=N)C/C=C/c1ccc(OCCF)cc1.CC(=N)CC(C)Cc1ccc(OCCF)cc1.CC(=N)CCC(C)c1ccc(OCCF)cc1.CC(=N)CCCc1cc(Br)c(OCCF)cc1F.CC(C)[C@H](O)c1ccc(OCCF)c(O)c1.CC(N)=NCCCc1ccc(OCCF)cc1.CC[C@H](O)c1cc(C)c(OCCF)c(OC)c1.CC[C@H](O)c1cc(O)c(OCCF)c(O)c1.CC[C@H](O)c1ccc(OCCF)cc1F. The number of aromatic hydroxyl groups is 3. The Kier molecular flexibility index (Phi) is 73.1. The van der Waals surface area contributed by atoms with E-state index in [0.717, 1.165) is 85.7 Å². The summed E-state index contributed by atoms with van der Waals surface area (Å²) in [5.74, 6) is 4.57. The van der Waals surface area contributed by atoms with Crippen LogP contribution in [0.4, 0.5) is 48.3 Å². The first-order valence-electron chi connectivity index (χ1n) is 49.4. The Bertz CT molecular complexity index is 5210. The molecule has 9 aromatic rings. The van der Waals surface area contributed by atoms with Crippen LogP contribution in [0, 0.1) is 52.0 Å². The standard InChI is InChI=1S/2C14H20FNO.C13H16BrF2NO.C13H19FN2O.C13H16FNO.C13H19FO3.C12H17FO3.C11H14F2O2.C11H15FO4/c1-11(9-12(2)16)10-13-3-5-14(6-4-13)17-8-7-15;1-11(3-4-12(2)16)13-5-7-14(8-6-13)17-10-9-15;1-9(17)3-2-4-10-7-11(14)13(8-12(10)16)18-6-5-15;1-11(15)16-9-2-3-12-4-6-13(7-5-12)17-10-8-14;1-11(15)3-2-4-12-5-7-13(8-6-12)16-10-9-14;1-4-11(15)10-7-9(2)13(17-6-5-14)12(8-10)16-3;1-8(2)12(15)9-3-4-11(10(14)7-9)16-6-5-13;1-2-11(14)9-4-3-8(7-10(9)13)15-6-5-12;1-2-8(13)7-5-9(14)11(10(15)6-7)16-4-3-12/h3-6,11,16H,7-10H2,1-2H3;5-8,11,16H,3-4,9-10H2,1-2H3;7-8,17H,2-6H2,1H3;4-7H,2-3,8-10H2,1H3,(H2,15,16);2,4-8,15H,3,9-10H2,1H3;7-8,11,15H,4-6H2,1-3H3;3-4,7-8,12,14-15H,5-6H2,1-2H3;3-4,7,11,14H,2,5-6H2,1H3;5-6,8,13-15H,2-4H2,1H3/b;;;;4-2+,15-11?;;;;/t;;;;;11-;12-;11-;8-/m.....0000/s1. The fraction of sp³-hybridized carbons (Fsp3) is 0.465. The van der Waals surface area contributed by atoms with E-state index < -0.39 is 90.3 Å². The van der Waals surface area contributed by atoms with Gasteiger partial charge in [-0.3, -0.25) is 4.99 Å². The van der Waals surface area contributed by atoms with Crippen molar-refractivity contribution in [2.24, 2.45) is 22.6 Å². The fourth-order valence-electron chi connectivity index (χ4n) is 13.4. The van der Waals surface area contributed by atoms with Gasteiger partial charge in [0.15, 0.2) is 34.5 Å². The number of hydrogen-bond acceptors (Lipinski definition) is 22. The van der Waals surface area contributed by atoms with E-state index in [4.69, 9.17) is 74.7 Å². The van der Waals surface area contributed by atoms with Gasteiger partial charge < -0.3 is 110 Å². The Morgan fingerprint density at radius 2 is 0.852 bits per heavy atom. The summed E-state index contributed by atoms with van der Waals surface area (Å²) in [4.78, 5) is 4.13. The predicted octanol–water partition coefficient (Wildman–Crippen LogP) is 27.5. The smallest absolute Gasteiger partial charge is 0.203 e. The molecule has 0 aromatic heterocycles. The molecule has 0 radical (unpaired) electrons. The van der Waals surface area contributed by atoms with Crippen LogP contribution in [-0.4, -0.2) is 198 Å². The first kappa shape index (κ1) is 135. The highest BCUT2D eigenvalue weighted by atomic mass is 79.9. The van der Waals surface area contributed by atoms with Gasteiger partial charge in [-0.2, -0.15) is 0 Å². The number of nitrogens with zero attached hydrogens (tertiary/aromatic N) is 1. The van der Waals surface area contributed by atoms with Gasteiger partial charge in [-0.25, -0.2) is 48.3 Å². The maximum Gasteiger partial charge on any atom is 0.203 e. The summed E-state index contributed by atoms with van der Waals surface area (Å²) in [7, 11) is 1.53. The number of aliphatic hydroxyl groups excluding tert-OH is 4. The second-order valence-electron chi connectivity index (χ2n) is 34.4. The summed E-state index contributed by atoms with van der Waals surface area (Å²) in [6.07, 6.45) is 10.9. The number of halogens is 12. The monoisotopic (exact) mass is 2170 g/mol. The number of alkyl halides is 9. The van der Waals surface area contributed by atoms with Crippen LogP contribution in [0.25, 0.3) is 6.08 Å². The molecule has 0 saturated heterocycles. The van der Waals surface area contributed by atoms with Crippen molar-refractivity contribution in [3.8, 4) is 74.7 Å². The lowest BCUT2D eigenvalue weighted by atomic mass is 9.95. The Balaban J connectivity index is 0.000000838. The van der Waals surface area contributed by atoms with Gasteiger partial charge in [-0.15, -0.1) is 0 Å². The lowest BCUT2D eigenvalue weighted by molar-refractivity contribution is 0.126. The van der Waals surface area contributed by atoms with E-state index in [0.29, 0.717) is 129 Å². The molecule has 2 unspecified atom stereocenters. The van der Waals surface area contributed by atoms with Crippen molar-refractivity contribution in [1.82, 2.24) is 0 Å². The van der Waals surface area contributed by atoms with Crippen molar-refractivity contribution >= 4 is 50.7 Å². The molecule has 0 saturated carbocycles. The Labute approximate surface area is 881 Å². The number of aliphatic hydroxyl groups is 4. The number of methoxy groups -OCH3 is 1. The Morgan fingerprint density at radius 3 is 1.30 bits per heavy atom. The third kappa shape index (κ3) is 59.7. The highest BCUT2D eigenvalue weighted by Gasteiger charge is 2.20. The van der Waals surface area contributed by atoms with Crippen LogP contribution in [-0.2, 0) is 19.3 Å². The number of amidine groups is 1. The molecule has 0 heterocycles. The molecule has 828 valence electrons. The molecule has 23 nitrogen and oxygen atoms in total. The number of hydrogen-bond donors (Lipinski definition) is 12. The van der Waals surface area contributed by atoms with Gasteiger partial charge in [0.25, 0.3) is 0 Å². The second kappa shape index (κ2) is 80.8. The van der Waals surface area contributed by atoms with Gasteiger partial charge in [0.05, 0.1) is 41.8 Å². The third-order valence-electron chi connectivity index (χ3n) is 21.0. The van der Waals surface area contributed by atoms with Crippen molar-refractivity contribution in [1.29, 1.82) is 21.6 Å². The first-order chi connectivity index (χ1) is 71.2.